The highest BCUT2D eigenvalue weighted by Crippen LogP contribution is 2.27. The number of hydrogen-bond acceptors (Lipinski definition) is 4. The lowest BCUT2D eigenvalue weighted by Crippen LogP contribution is -2.48. The molecule has 162 valence electrons. The van der Waals surface area contributed by atoms with Gasteiger partial charge in [0.15, 0.2) is 5.11 Å². The summed E-state index contributed by atoms with van der Waals surface area (Å²) in [5, 5.41) is 11.8. The fraction of sp³-hybridized carbons (Fsp3) is 0.300. The number of carbonyl (C=O) groups is 1. The van der Waals surface area contributed by atoms with Gasteiger partial charge in [-0.05, 0) is 48.5 Å². The van der Waals surface area contributed by atoms with Gasteiger partial charge in [0.1, 0.15) is 5.82 Å². The monoisotopic (exact) mass is 453 g/mol. The van der Waals surface area contributed by atoms with Gasteiger partial charge in [0.05, 0.1) is 28.5 Å². The lowest BCUT2D eigenvalue weighted by Gasteiger charge is -2.32. The van der Waals surface area contributed by atoms with Crippen LogP contribution in [0.25, 0.3) is 0 Å². The van der Waals surface area contributed by atoms with Crippen molar-refractivity contribution in [2.45, 2.75) is 19.0 Å². The second-order valence-electron chi connectivity index (χ2n) is 6.79. The van der Waals surface area contributed by atoms with Gasteiger partial charge in [-0.25, -0.2) is 9.18 Å². The van der Waals surface area contributed by atoms with E-state index in [0.29, 0.717) is 16.9 Å². The molecule has 6 N–H and O–H groups in total. The normalized spacial score (nSPS) is 12.6. The molecule has 0 spiro atoms. The summed E-state index contributed by atoms with van der Waals surface area (Å²) in [6.07, 6.45) is 0. The average molecular weight is 454 g/mol. The second-order valence-corrected chi connectivity index (χ2v) is 7.60. The number of nitrogens with two attached hydrogens (primary N) is 1. The van der Waals surface area contributed by atoms with Crippen LogP contribution in [0.2, 0.25) is 5.02 Å². The Morgan fingerprint density at radius 1 is 1.33 bits per heavy atom. The van der Waals surface area contributed by atoms with Crippen LogP contribution in [0.4, 0.5) is 20.6 Å². The molecule has 0 aromatic heterocycles. The minimum absolute atomic E-state index is 0.00497. The Hall–Kier alpha value is -2.62. The fourth-order valence-electron chi connectivity index (χ4n) is 2.90. The van der Waals surface area contributed by atoms with E-state index >= 15 is 0 Å². The van der Waals surface area contributed by atoms with Crippen LogP contribution in [0.5, 0.6) is 0 Å². The first-order valence-electron chi connectivity index (χ1n) is 9.06. The van der Waals surface area contributed by atoms with E-state index in [4.69, 9.17) is 34.3 Å². The summed E-state index contributed by atoms with van der Waals surface area (Å²) in [5.74, 6) is -0.508. The van der Waals surface area contributed by atoms with Crippen molar-refractivity contribution in [3.05, 3.63) is 58.4 Å². The predicted octanol–water partition coefficient (Wildman–Crippen LogP) is 3.34. The fourth-order valence-corrected chi connectivity index (χ4v) is 3.41. The molecule has 0 bridgehead atoms. The van der Waals surface area contributed by atoms with Crippen molar-refractivity contribution >= 4 is 46.3 Å². The van der Waals surface area contributed by atoms with Crippen LogP contribution in [0.15, 0.2) is 36.4 Å². The molecule has 0 aliphatic rings. The van der Waals surface area contributed by atoms with E-state index < -0.39 is 11.4 Å². The van der Waals surface area contributed by atoms with E-state index in [1.165, 1.54) is 19.2 Å². The number of thiocarbonyl (C=S) groups is 1. The van der Waals surface area contributed by atoms with Crippen molar-refractivity contribution in [3.8, 4) is 0 Å². The topological polar surface area (TPSA) is 100 Å². The molecule has 2 amide bonds. The molecule has 0 saturated heterocycles. The highest BCUT2D eigenvalue weighted by molar-refractivity contribution is 7.80. The van der Waals surface area contributed by atoms with Crippen LogP contribution < -0.4 is 27.0 Å². The Bertz CT molecular complexity index is 930. The van der Waals surface area contributed by atoms with Crippen LogP contribution in [0.1, 0.15) is 18.1 Å². The molecular formula is C20H25ClFN5O2S. The Morgan fingerprint density at radius 3 is 2.70 bits per heavy atom. The van der Waals surface area contributed by atoms with Crippen molar-refractivity contribution < 1.29 is 13.9 Å². The third-order valence-corrected chi connectivity index (χ3v) is 4.96. The van der Waals surface area contributed by atoms with Gasteiger partial charge < -0.3 is 31.7 Å². The van der Waals surface area contributed by atoms with Crippen LogP contribution in [-0.2, 0) is 16.8 Å². The first-order valence-corrected chi connectivity index (χ1v) is 9.85. The molecular weight excluding hydrogens is 429 g/mol. The van der Waals surface area contributed by atoms with E-state index in [1.54, 1.807) is 25.3 Å². The van der Waals surface area contributed by atoms with E-state index in [-0.39, 0.29) is 29.3 Å². The van der Waals surface area contributed by atoms with Gasteiger partial charge in [0.2, 0.25) is 0 Å². The Kier molecular flexibility index (Phi) is 8.22. The molecule has 2 rings (SSSR count). The van der Waals surface area contributed by atoms with Crippen molar-refractivity contribution in [1.29, 1.82) is 0 Å². The standard InChI is InChI=1S/C20H25ClFN5O2S/c1-20(11-29-3,13-7-8-15(22)14(21)9-13)27-19(30)26-17-12(5-4-6-16(17)23)10-25-18(28)24-2/h4-9H,10-11,23H2,1-3H3,(H2,24,25,28)(H2,26,27,30). The number of hydrogen-bond donors (Lipinski definition) is 5. The number of methoxy groups -OCH3 is 1. The molecule has 2 aromatic rings. The Balaban J connectivity index is 2.23. The molecule has 30 heavy (non-hydrogen) atoms. The number of rotatable bonds is 7. The molecule has 0 radical (unpaired) electrons. The predicted molar refractivity (Wildman–Crippen MR) is 122 cm³/mol. The van der Waals surface area contributed by atoms with Crippen molar-refractivity contribution in [3.63, 3.8) is 0 Å². The van der Waals surface area contributed by atoms with Gasteiger partial charge in [-0.15, -0.1) is 0 Å². The van der Waals surface area contributed by atoms with Gasteiger partial charge in [-0.3, -0.25) is 0 Å². The molecule has 0 aliphatic carbocycles. The summed E-state index contributed by atoms with van der Waals surface area (Å²) >= 11 is 11.4. The lowest BCUT2D eigenvalue weighted by atomic mass is 9.93. The summed E-state index contributed by atoms with van der Waals surface area (Å²) in [6.45, 7) is 2.35. The van der Waals surface area contributed by atoms with Gasteiger partial charge >= 0.3 is 6.03 Å². The molecule has 10 heteroatoms. The Labute approximate surface area is 185 Å². The molecule has 1 atom stereocenters. The van der Waals surface area contributed by atoms with Crippen LogP contribution in [-0.4, -0.2) is 31.9 Å². The molecule has 0 aliphatic heterocycles. The maximum absolute atomic E-state index is 13.6. The van der Waals surface area contributed by atoms with Crippen LogP contribution in [0.3, 0.4) is 0 Å². The van der Waals surface area contributed by atoms with E-state index in [1.807, 2.05) is 13.0 Å². The van der Waals surface area contributed by atoms with Crippen LogP contribution in [0, 0.1) is 5.82 Å². The summed E-state index contributed by atoms with van der Waals surface area (Å²) < 4.78 is 18.9. The zero-order chi connectivity index (χ0) is 22.3. The zero-order valence-corrected chi connectivity index (χ0v) is 18.5. The lowest BCUT2D eigenvalue weighted by molar-refractivity contribution is 0.130. The maximum atomic E-state index is 13.6. The number of benzene rings is 2. The van der Waals surface area contributed by atoms with E-state index in [9.17, 15) is 9.18 Å². The first kappa shape index (κ1) is 23.7. The summed E-state index contributed by atoms with van der Waals surface area (Å²) in [4.78, 5) is 11.5. The summed E-state index contributed by atoms with van der Waals surface area (Å²) in [5.41, 5.74) is 7.81. The number of anilines is 2. The number of urea groups is 1. The van der Waals surface area contributed by atoms with Gasteiger partial charge in [0, 0.05) is 20.7 Å². The smallest absolute Gasteiger partial charge is 0.314 e. The number of halogens is 2. The largest absolute Gasteiger partial charge is 0.397 e. The highest BCUT2D eigenvalue weighted by atomic mass is 35.5. The highest BCUT2D eigenvalue weighted by Gasteiger charge is 2.28. The van der Waals surface area contributed by atoms with E-state index in [0.717, 1.165) is 5.56 Å². The molecule has 7 nitrogen and oxygen atoms in total. The third kappa shape index (κ3) is 5.94. The third-order valence-electron chi connectivity index (χ3n) is 4.47. The van der Waals surface area contributed by atoms with Crippen molar-refractivity contribution in [1.82, 2.24) is 16.0 Å². The van der Waals surface area contributed by atoms with Crippen molar-refractivity contribution in [2.75, 3.05) is 31.8 Å². The maximum Gasteiger partial charge on any atom is 0.314 e. The second kappa shape index (κ2) is 10.4. The molecule has 1 unspecified atom stereocenters. The molecule has 0 saturated carbocycles. The molecule has 2 aromatic carbocycles. The number of nitrogens with one attached hydrogen (secondary N) is 4. The number of nitrogen functional groups attached to an aromatic ring is 1. The van der Waals surface area contributed by atoms with Gasteiger partial charge in [-0.1, -0.05) is 29.8 Å². The SMILES string of the molecule is CNC(=O)NCc1cccc(N)c1NC(=S)NC(C)(COC)c1ccc(F)c(Cl)c1. The molecule has 0 heterocycles. The van der Waals surface area contributed by atoms with Gasteiger partial charge in [0.25, 0.3) is 0 Å². The summed E-state index contributed by atoms with van der Waals surface area (Å²) in [6, 6.07) is 9.46. The summed E-state index contributed by atoms with van der Waals surface area (Å²) in [7, 11) is 3.09. The number of ether oxygens (including phenoxy) is 1. The number of amides is 2. The van der Waals surface area contributed by atoms with Crippen LogP contribution >= 0.6 is 23.8 Å². The minimum atomic E-state index is -0.791. The zero-order valence-electron chi connectivity index (χ0n) is 16.9. The van der Waals surface area contributed by atoms with Gasteiger partial charge in [-0.2, -0.15) is 0 Å². The minimum Gasteiger partial charge on any atom is -0.397 e. The average Bonchev–Trinajstić information content (AvgIpc) is 2.70. The Morgan fingerprint density at radius 2 is 2.07 bits per heavy atom. The molecule has 0 fully saturated rings. The quantitative estimate of drug-likeness (QED) is 0.325. The number of para-hydroxylation sites is 1. The van der Waals surface area contributed by atoms with E-state index in [2.05, 4.69) is 21.3 Å². The van der Waals surface area contributed by atoms with Crippen molar-refractivity contribution in [2.24, 2.45) is 0 Å². The first-order chi connectivity index (χ1) is 14.2. The number of carbonyl (C=O) groups excluding carboxylic acids is 1.